The lowest BCUT2D eigenvalue weighted by molar-refractivity contribution is -0.137. The molecule has 0 aliphatic carbocycles. The lowest BCUT2D eigenvalue weighted by Gasteiger charge is -2.41. The summed E-state index contributed by atoms with van der Waals surface area (Å²) in [7, 11) is 0. The highest BCUT2D eigenvalue weighted by Crippen LogP contribution is 2.41. The van der Waals surface area contributed by atoms with Gasteiger partial charge in [0, 0.05) is 31.0 Å². The summed E-state index contributed by atoms with van der Waals surface area (Å²) in [6.45, 7) is 3.26. The fourth-order valence-electron chi connectivity index (χ4n) is 5.20. The molecule has 0 bridgehead atoms. The Morgan fingerprint density at radius 1 is 0.951 bits per heavy atom. The Bertz CT molecular complexity index is 1550. The molecule has 0 amide bonds. The van der Waals surface area contributed by atoms with E-state index in [1.165, 1.54) is 24.4 Å². The monoisotopic (exact) mass is 599 g/mol. The van der Waals surface area contributed by atoms with Crippen molar-refractivity contribution in [3.63, 3.8) is 0 Å². The minimum absolute atomic E-state index is 0.0433. The number of nitrogens with zero attached hydrogens (tertiary/aromatic N) is 4. The number of piperidine rings is 1. The summed E-state index contributed by atoms with van der Waals surface area (Å²) in [4.78, 5) is 9.18. The van der Waals surface area contributed by atoms with Crippen LogP contribution in [0, 0.1) is 0 Å². The van der Waals surface area contributed by atoms with Gasteiger partial charge in [0.2, 0.25) is 0 Å². The summed E-state index contributed by atoms with van der Waals surface area (Å²) in [5, 5.41) is 10.1. The average molecular weight is 600 g/mol. The fourth-order valence-corrected chi connectivity index (χ4v) is 5.48. The number of anilines is 4. The minimum atomic E-state index is -4.73. The van der Waals surface area contributed by atoms with Gasteiger partial charge >= 0.3 is 12.4 Å². The van der Waals surface area contributed by atoms with Crippen molar-refractivity contribution in [2.45, 2.75) is 37.3 Å². The number of aromatic nitrogens is 4. The number of pyridine rings is 1. The van der Waals surface area contributed by atoms with Crippen molar-refractivity contribution in [3.05, 3.63) is 59.0 Å². The molecule has 2 aliphatic rings. The van der Waals surface area contributed by atoms with E-state index < -0.39 is 23.5 Å². The van der Waals surface area contributed by atoms with Gasteiger partial charge in [-0.25, -0.2) is 9.67 Å². The Kier molecular flexibility index (Phi) is 7.02. The number of hydrogen-bond acceptors (Lipinski definition) is 6. The van der Waals surface area contributed by atoms with Crippen molar-refractivity contribution < 1.29 is 31.1 Å². The van der Waals surface area contributed by atoms with Gasteiger partial charge in [-0.05, 0) is 31.0 Å². The first-order chi connectivity index (χ1) is 19.5. The molecule has 8 nitrogen and oxygen atoms in total. The molecular weight excluding hydrogens is 576 g/mol. The van der Waals surface area contributed by atoms with Crippen molar-refractivity contribution in [3.8, 4) is 0 Å². The van der Waals surface area contributed by atoms with Crippen LogP contribution in [0.15, 0.2) is 42.7 Å². The lowest BCUT2D eigenvalue weighted by Crippen LogP contribution is -2.51. The molecule has 2 fully saturated rings. The van der Waals surface area contributed by atoms with E-state index in [1.807, 2.05) is 0 Å². The first-order valence-electron chi connectivity index (χ1n) is 12.8. The zero-order valence-electron chi connectivity index (χ0n) is 21.3. The van der Waals surface area contributed by atoms with E-state index in [-0.39, 0.29) is 34.3 Å². The maximum atomic E-state index is 13.8. The van der Waals surface area contributed by atoms with E-state index in [2.05, 4.69) is 30.6 Å². The third-order valence-electron chi connectivity index (χ3n) is 7.40. The van der Waals surface area contributed by atoms with Gasteiger partial charge in [-0.15, -0.1) is 0 Å². The molecule has 41 heavy (non-hydrogen) atoms. The Hall–Kier alpha value is -3.49. The molecule has 0 saturated carbocycles. The number of benzene rings is 1. The number of halogens is 7. The van der Waals surface area contributed by atoms with Crippen molar-refractivity contribution in [1.82, 2.24) is 24.6 Å². The number of ether oxygens (including phenoxy) is 1. The number of fused-ring (bicyclic) bond motifs is 1. The molecule has 3 N–H and O–H groups in total. The van der Waals surface area contributed by atoms with E-state index in [4.69, 9.17) is 16.3 Å². The lowest BCUT2D eigenvalue weighted by atomic mass is 10.0. The van der Waals surface area contributed by atoms with Crippen LogP contribution in [0.4, 0.5) is 49.2 Å². The molecular formula is C26H24ClF6N7O. The van der Waals surface area contributed by atoms with Gasteiger partial charge in [0.05, 0.1) is 59.4 Å². The molecule has 2 saturated heterocycles. The molecule has 1 aromatic carbocycles. The summed E-state index contributed by atoms with van der Waals surface area (Å²) in [6, 6.07) is 6.01. The van der Waals surface area contributed by atoms with Crippen LogP contribution in [0.1, 0.15) is 30.0 Å². The Labute approximate surface area is 234 Å². The van der Waals surface area contributed by atoms with Crippen LogP contribution in [0.2, 0.25) is 5.15 Å². The van der Waals surface area contributed by atoms with Gasteiger partial charge in [0.15, 0.2) is 5.15 Å². The van der Waals surface area contributed by atoms with Crippen LogP contribution in [-0.4, -0.2) is 57.0 Å². The summed E-state index contributed by atoms with van der Waals surface area (Å²) in [5.74, 6) is 0.115. The van der Waals surface area contributed by atoms with Gasteiger partial charge in [-0.2, -0.15) is 31.4 Å². The van der Waals surface area contributed by atoms with Gasteiger partial charge < -0.3 is 20.4 Å². The van der Waals surface area contributed by atoms with E-state index in [9.17, 15) is 26.3 Å². The first-order valence-corrected chi connectivity index (χ1v) is 13.2. The quantitative estimate of drug-likeness (QED) is 0.208. The van der Waals surface area contributed by atoms with E-state index in [0.717, 1.165) is 57.5 Å². The van der Waals surface area contributed by atoms with Gasteiger partial charge in [-0.3, -0.25) is 4.90 Å². The van der Waals surface area contributed by atoms with Crippen molar-refractivity contribution in [2.24, 2.45) is 0 Å². The van der Waals surface area contributed by atoms with Crippen molar-refractivity contribution >= 4 is 45.5 Å². The number of rotatable bonds is 6. The Morgan fingerprint density at radius 2 is 1.71 bits per heavy atom. The summed E-state index contributed by atoms with van der Waals surface area (Å²) >= 11 is 6.65. The predicted octanol–water partition coefficient (Wildman–Crippen LogP) is 6.97. The molecule has 0 radical (unpaired) electrons. The number of H-pyrrole nitrogens is 1. The average Bonchev–Trinajstić information content (AvgIpc) is 3.47. The van der Waals surface area contributed by atoms with Crippen LogP contribution >= 0.6 is 11.6 Å². The Balaban J connectivity index is 1.29. The van der Waals surface area contributed by atoms with Crippen LogP contribution in [0.5, 0.6) is 0 Å². The molecule has 6 rings (SSSR count). The second-order valence-electron chi connectivity index (χ2n) is 10.1. The normalized spacial score (nSPS) is 17.6. The Morgan fingerprint density at radius 3 is 2.37 bits per heavy atom. The summed E-state index contributed by atoms with van der Waals surface area (Å²) in [5.41, 5.74) is -1.82. The second kappa shape index (κ2) is 10.4. The molecule has 218 valence electrons. The number of nitrogens with one attached hydrogen (secondary N) is 3. The first kappa shape index (κ1) is 27.7. The van der Waals surface area contributed by atoms with Crippen LogP contribution in [-0.2, 0) is 17.1 Å². The molecule has 0 spiro atoms. The van der Waals surface area contributed by atoms with Crippen molar-refractivity contribution in [1.29, 1.82) is 0 Å². The molecule has 4 aromatic rings. The number of likely N-dealkylation sites (tertiary alicyclic amines) is 1. The van der Waals surface area contributed by atoms with Gasteiger partial charge in [0.1, 0.15) is 11.5 Å². The second-order valence-corrected chi connectivity index (χ2v) is 10.4. The molecule has 5 heterocycles. The number of hydrogen-bond donors (Lipinski definition) is 3. The van der Waals surface area contributed by atoms with Crippen LogP contribution < -0.4 is 10.6 Å². The standard InChI is InChI=1S/C26H24ClF6N7O/c27-23-20(11-35-40(23)16-4-6-39(7-5-16)17-12-41-13-17)37-21-9-19(22-18(26(31,32)33)10-34-24(22)38-21)36-15-3-1-2-14(8-15)25(28,29)30/h1-3,8-11,16-17H,4-7,12-13H2,(H3,34,36,37,38). The minimum Gasteiger partial charge on any atom is -0.378 e. The largest absolute Gasteiger partial charge is 0.418 e. The molecule has 0 atom stereocenters. The van der Waals surface area contributed by atoms with Gasteiger partial charge in [0.25, 0.3) is 0 Å². The fraction of sp³-hybridized carbons (Fsp3) is 0.385. The topological polar surface area (TPSA) is 83.0 Å². The molecule has 15 heteroatoms. The van der Waals surface area contributed by atoms with E-state index in [0.29, 0.717) is 16.9 Å². The maximum Gasteiger partial charge on any atom is 0.418 e. The number of alkyl halides is 6. The van der Waals surface area contributed by atoms with E-state index >= 15 is 0 Å². The smallest absolute Gasteiger partial charge is 0.378 e. The number of aromatic amines is 1. The third kappa shape index (κ3) is 5.55. The molecule has 0 unspecified atom stereocenters. The van der Waals surface area contributed by atoms with Crippen LogP contribution in [0.25, 0.3) is 11.0 Å². The van der Waals surface area contributed by atoms with E-state index in [1.54, 1.807) is 4.68 Å². The maximum absolute atomic E-state index is 13.8. The molecule has 2 aliphatic heterocycles. The highest BCUT2D eigenvalue weighted by molar-refractivity contribution is 6.32. The zero-order chi connectivity index (χ0) is 28.9. The zero-order valence-corrected chi connectivity index (χ0v) is 22.0. The van der Waals surface area contributed by atoms with Crippen molar-refractivity contribution in [2.75, 3.05) is 36.9 Å². The summed E-state index contributed by atoms with van der Waals surface area (Å²) in [6.07, 6.45) is -5.39. The predicted molar refractivity (Wildman–Crippen MR) is 141 cm³/mol. The third-order valence-corrected chi connectivity index (χ3v) is 7.77. The highest BCUT2D eigenvalue weighted by Gasteiger charge is 2.36. The highest BCUT2D eigenvalue weighted by atomic mass is 35.5. The molecule has 3 aromatic heterocycles. The SMILES string of the molecule is FC(F)(F)c1cccc(Nc2cc(Nc3cnn(C4CCN(C5COC5)CC4)c3Cl)nc3[nH]cc(C(F)(F)F)c23)c1. The van der Waals surface area contributed by atoms with Gasteiger partial charge in [-0.1, -0.05) is 17.7 Å². The summed E-state index contributed by atoms with van der Waals surface area (Å²) < 4.78 is 88.1. The van der Waals surface area contributed by atoms with Crippen LogP contribution in [0.3, 0.4) is 0 Å².